The van der Waals surface area contributed by atoms with Gasteiger partial charge in [0, 0.05) is 11.8 Å². The smallest absolute Gasteiger partial charge is 0.266 e. The fourth-order valence-electron chi connectivity index (χ4n) is 3.89. The summed E-state index contributed by atoms with van der Waals surface area (Å²) < 4.78 is 11.7. The third-order valence-corrected chi connectivity index (χ3v) is 6.98. The fraction of sp³-hybridized carbons (Fsp3) is 0.231. The maximum atomic E-state index is 13.3. The molecule has 0 radical (unpaired) electrons. The Hall–Kier alpha value is -3.98. The molecule has 1 amide bonds. The van der Waals surface area contributed by atoms with E-state index in [-0.39, 0.29) is 23.8 Å². The van der Waals surface area contributed by atoms with Gasteiger partial charge in [-0.2, -0.15) is 0 Å². The average Bonchev–Trinajstić information content (AvgIpc) is 3.19. The molecule has 2 heterocycles. The average molecular weight is 492 g/mol. The minimum Gasteiger partial charge on any atom is -0.497 e. The van der Waals surface area contributed by atoms with Crippen molar-refractivity contribution < 1.29 is 19.1 Å². The fourth-order valence-corrected chi connectivity index (χ4v) is 4.92. The van der Waals surface area contributed by atoms with Gasteiger partial charge in [-0.25, -0.2) is 4.98 Å². The molecule has 0 bridgehead atoms. The van der Waals surface area contributed by atoms with Crippen molar-refractivity contribution in [3.8, 4) is 11.5 Å². The molecule has 4 rings (SSSR count). The molecule has 4 aromatic rings. The number of aromatic nitrogens is 2. The number of nitrogens with zero attached hydrogens (tertiary/aromatic N) is 2. The summed E-state index contributed by atoms with van der Waals surface area (Å²) in [6.07, 6.45) is 1.33. The van der Waals surface area contributed by atoms with E-state index in [4.69, 9.17) is 9.47 Å². The van der Waals surface area contributed by atoms with Crippen LogP contribution >= 0.6 is 11.3 Å². The first-order valence-electron chi connectivity index (χ1n) is 10.9. The van der Waals surface area contributed by atoms with E-state index in [1.807, 2.05) is 32.0 Å². The number of hydrogen-bond donors (Lipinski definition) is 1. The Kier molecular flexibility index (Phi) is 6.70. The predicted octanol–water partition coefficient (Wildman–Crippen LogP) is 4.54. The quantitative estimate of drug-likeness (QED) is 0.381. The van der Waals surface area contributed by atoms with Gasteiger partial charge in [0.25, 0.3) is 11.5 Å². The van der Waals surface area contributed by atoms with E-state index in [1.54, 1.807) is 25.1 Å². The van der Waals surface area contributed by atoms with E-state index in [1.165, 1.54) is 25.1 Å². The van der Waals surface area contributed by atoms with E-state index in [9.17, 15) is 14.4 Å². The van der Waals surface area contributed by atoms with Crippen LogP contribution in [-0.4, -0.2) is 35.5 Å². The van der Waals surface area contributed by atoms with Crippen molar-refractivity contribution in [2.75, 3.05) is 19.5 Å². The molecule has 0 saturated carbocycles. The van der Waals surface area contributed by atoms with Crippen LogP contribution in [0.15, 0.2) is 47.5 Å². The van der Waals surface area contributed by atoms with Gasteiger partial charge in [-0.05, 0) is 50.1 Å². The molecule has 2 aromatic carbocycles. The van der Waals surface area contributed by atoms with Crippen molar-refractivity contribution in [3.63, 3.8) is 0 Å². The highest BCUT2D eigenvalue weighted by atomic mass is 32.1. The molecular formula is C26H25N3O5S. The zero-order chi connectivity index (χ0) is 25.3. The minimum absolute atomic E-state index is 0.218. The number of thiophene rings is 1. The summed E-state index contributed by atoms with van der Waals surface area (Å²) in [5, 5.41) is 3.25. The summed E-state index contributed by atoms with van der Waals surface area (Å²) in [4.78, 5) is 44.4. The molecule has 0 aliphatic carbocycles. The molecule has 0 atom stereocenters. The molecule has 0 fully saturated rings. The number of benzene rings is 2. The highest BCUT2D eigenvalue weighted by Gasteiger charge is 2.21. The standard InChI is InChI=1S/C26H25N3O5S/c1-14-6-9-19(15(2)10-14)28-24(31)23-16(3)22-25(35-23)27-13-29(26(22)32)12-20(30)18-8-7-17(33-4)11-21(18)34-5/h6-11,13H,12H2,1-5H3,(H,28,31). The second-order valence-corrected chi connectivity index (χ2v) is 9.17. The lowest BCUT2D eigenvalue weighted by Gasteiger charge is -2.10. The van der Waals surface area contributed by atoms with E-state index < -0.39 is 0 Å². The van der Waals surface area contributed by atoms with E-state index >= 15 is 0 Å². The number of hydrogen-bond acceptors (Lipinski definition) is 7. The van der Waals surface area contributed by atoms with Crippen molar-refractivity contribution in [1.82, 2.24) is 9.55 Å². The topological polar surface area (TPSA) is 99.5 Å². The summed E-state index contributed by atoms with van der Waals surface area (Å²) in [7, 11) is 2.99. The second-order valence-electron chi connectivity index (χ2n) is 8.18. The van der Waals surface area contributed by atoms with Crippen molar-refractivity contribution in [1.29, 1.82) is 0 Å². The number of aryl methyl sites for hydroxylation is 3. The van der Waals surface area contributed by atoms with Gasteiger partial charge in [0.15, 0.2) is 5.78 Å². The third kappa shape index (κ3) is 4.67. The Balaban J connectivity index is 1.64. The monoisotopic (exact) mass is 491 g/mol. The number of ether oxygens (including phenoxy) is 2. The lowest BCUT2D eigenvalue weighted by atomic mass is 10.1. The molecule has 2 aromatic heterocycles. The van der Waals surface area contributed by atoms with Crippen LogP contribution in [0, 0.1) is 20.8 Å². The van der Waals surface area contributed by atoms with E-state index in [2.05, 4.69) is 10.3 Å². The van der Waals surface area contributed by atoms with Gasteiger partial charge in [-0.3, -0.25) is 19.0 Å². The number of ketones is 1. The first-order chi connectivity index (χ1) is 16.7. The first kappa shape index (κ1) is 24.2. The summed E-state index contributed by atoms with van der Waals surface area (Å²) in [6.45, 7) is 5.41. The van der Waals surface area contributed by atoms with Crippen LogP contribution < -0.4 is 20.3 Å². The molecule has 0 aliphatic heterocycles. The summed E-state index contributed by atoms with van der Waals surface area (Å²) in [5.74, 6) is 0.295. The van der Waals surface area contributed by atoms with Crippen molar-refractivity contribution in [2.45, 2.75) is 27.3 Å². The molecule has 8 nitrogen and oxygen atoms in total. The molecular weight excluding hydrogens is 466 g/mol. The molecule has 0 saturated heterocycles. The third-order valence-electron chi connectivity index (χ3n) is 5.78. The first-order valence-corrected chi connectivity index (χ1v) is 11.7. The number of amides is 1. The molecule has 180 valence electrons. The van der Waals surface area contributed by atoms with Gasteiger partial charge in [0.05, 0.1) is 42.9 Å². The summed E-state index contributed by atoms with van der Waals surface area (Å²) in [6, 6.07) is 10.6. The Morgan fingerprint density at radius 3 is 2.51 bits per heavy atom. The molecule has 9 heteroatoms. The SMILES string of the molecule is COc1ccc(C(=O)Cn2cnc3sc(C(=O)Nc4ccc(C)cc4C)c(C)c3c2=O)c(OC)c1. The second kappa shape index (κ2) is 9.71. The van der Waals surface area contributed by atoms with Crippen molar-refractivity contribution in [2.24, 2.45) is 0 Å². The number of methoxy groups -OCH3 is 2. The van der Waals surface area contributed by atoms with Crippen LogP contribution in [0.4, 0.5) is 5.69 Å². The maximum absolute atomic E-state index is 13.3. The number of rotatable bonds is 7. The number of carbonyl (C=O) groups excluding carboxylic acids is 2. The van der Waals surface area contributed by atoms with Gasteiger partial charge in [0.1, 0.15) is 16.3 Å². The largest absolute Gasteiger partial charge is 0.497 e. The summed E-state index contributed by atoms with van der Waals surface area (Å²) in [5.41, 5.74) is 3.25. The lowest BCUT2D eigenvalue weighted by molar-refractivity contribution is 0.0966. The van der Waals surface area contributed by atoms with E-state index in [0.29, 0.717) is 43.4 Å². The number of nitrogens with one attached hydrogen (secondary N) is 1. The van der Waals surface area contributed by atoms with Gasteiger partial charge in [-0.15, -0.1) is 11.3 Å². The molecule has 35 heavy (non-hydrogen) atoms. The van der Waals surface area contributed by atoms with E-state index in [0.717, 1.165) is 22.5 Å². The minimum atomic E-state index is -0.379. The number of carbonyl (C=O) groups is 2. The zero-order valence-corrected chi connectivity index (χ0v) is 20.9. The molecule has 0 aliphatic rings. The van der Waals surface area contributed by atoms with Crippen LogP contribution in [0.5, 0.6) is 11.5 Å². The van der Waals surface area contributed by atoms with Gasteiger partial charge in [-0.1, -0.05) is 17.7 Å². The van der Waals surface area contributed by atoms with Crippen LogP contribution in [-0.2, 0) is 6.54 Å². The highest BCUT2D eigenvalue weighted by molar-refractivity contribution is 7.20. The summed E-state index contributed by atoms with van der Waals surface area (Å²) >= 11 is 1.15. The number of Topliss-reactive ketones (excluding diaryl/α,β-unsaturated/α-hetero) is 1. The highest BCUT2D eigenvalue weighted by Crippen LogP contribution is 2.29. The van der Waals surface area contributed by atoms with Crippen molar-refractivity contribution in [3.05, 3.63) is 80.2 Å². The van der Waals surface area contributed by atoms with Crippen LogP contribution in [0.1, 0.15) is 36.7 Å². The lowest BCUT2D eigenvalue weighted by Crippen LogP contribution is -2.25. The Bertz CT molecular complexity index is 1520. The normalized spacial score (nSPS) is 10.9. The Morgan fingerprint density at radius 1 is 1.06 bits per heavy atom. The Labute approximate surface area is 206 Å². The van der Waals surface area contributed by atoms with Gasteiger partial charge in [0.2, 0.25) is 0 Å². The number of fused-ring (bicyclic) bond motifs is 1. The maximum Gasteiger partial charge on any atom is 0.266 e. The van der Waals surface area contributed by atoms with Crippen LogP contribution in [0.2, 0.25) is 0 Å². The molecule has 0 spiro atoms. The van der Waals surface area contributed by atoms with Crippen LogP contribution in [0.3, 0.4) is 0 Å². The zero-order valence-electron chi connectivity index (χ0n) is 20.1. The van der Waals surface area contributed by atoms with Crippen LogP contribution in [0.25, 0.3) is 10.2 Å². The number of anilines is 1. The van der Waals surface area contributed by atoms with Gasteiger partial charge < -0.3 is 14.8 Å². The Morgan fingerprint density at radius 2 is 1.83 bits per heavy atom. The molecule has 0 unspecified atom stereocenters. The van der Waals surface area contributed by atoms with Gasteiger partial charge >= 0.3 is 0 Å². The predicted molar refractivity (Wildman–Crippen MR) is 136 cm³/mol. The van der Waals surface area contributed by atoms with Crippen molar-refractivity contribution >= 4 is 38.9 Å². The molecule has 1 N–H and O–H groups in total.